The number of likely N-dealkylation sites (tertiary alicyclic amines) is 1. The van der Waals surface area contributed by atoms with Crippen LogP contribution >= 0.6 is 0 Å². The fraction of sp³-hybridized carbons (Fsp3) is 0.520. The van der Waals surface area contributed by atoms with Gasteiger partial charge in [0.25, 0.3) is 0 Å². The third-order valence-corrected chi connectivity index (χ3v) is 7.71. The van der Waals surface area contributed by atoms with E-state index < -0.39 is 6.04 Å². The van der Waals surface area contributed by atoms with Gasteiger partial charge in [-0.05, 0) is 50.3 Å². The Kier molecular flexibility index (Phi) is 4.90. The molecule has 1 saturated carbocycles. The number of aromatic nitrogens is 2. The van der Waals surface area contributed by atoms with E-state index in [1.165, 1.54) is 18.4 Å². The molecule has 2 fully saturated rings. The Bertz CT molecular complexity index is 1230. The van der Waals surface area contributed by atoms with Crippen molar-refractivity contribution in [2.45, 2.75) is 38.1 Å². The smallest absolute Gasteiger partial charge is 0.322 e. The Labute approximate surface area is 198 Å². The van der Waals surface area contributed by atoms with Gasteiger partial charge in [-0.25, -0.2) is 4.79 Å². The van der Waals surface area contributed by atoms with Crippen LogP contribution in [0.2, 0.25) is 0 Å². The SMILES string of the molecule is COc1ccc2c3c([nH]c2c1)[C@@H](CO)N(C(=O)Nc1c(C)noc1C)CC31CN(CC2CC2)C1. The molecule has 6 rings (SSSR count). The lowest BCUT2D eigenvalue weighted by Gasteiger charge is -2.56. The first kappa shape index (κ1) is 21.5. The molecule has 0 unspecified atom stereocenters. The average molecular weight is 466 g/mol. The largest absolute Gasteiger partial charge is 0.497 e. The van der Waals surface area contributed by atoms with E-state index in [9.17, 15) is 9.90 Å². The summed E-state index contributed by atoms with van der Waals surface area (Å²) in [6.45, 7) is 6.89. The molecule has 9 nitrogen and oxygen atoms in total. The van der Waals surface area contributed by atoms with Crippen LogP contribution < -0.4 is 10.1 Å². The minimum atomic E-state index is -0.475. The van der Waals surface area contributed by atoms with Gasteiger partial charge in [-0.1, -0.05) is 5.16 Å². The highest BCUT2D eigenvalue weighted by atomic mass is 16.5. The summed E-state index contributed by atoms with van der Waals surface area (Å²) in [7, 11) is 1.66. The molecule has 2 aromatic heterocycles. The second-order valence-corrected chi connectivity index (χ2v) is 10.2. The maximum atomic E-state index is 13.5. The molecule has 1 spiro atoms. The number of ether oxygens (including phenoxy) is 1. The molecule has 1 saturated heterocycles. The van der Waals surface area contributed by atoms with Gasteiger partial charge in [0, 0.05) is 54.3 Å². The van der Waals surface area contributed by atoms with Crippen molar-refractivity contribution in [3.63, 3.8) is 0 Å². The number of amides is 2. The summed E-state index contributed by atoms with van der Waals surface area (Å²) in [5.74, 6) is 2.16. The first-order valence-electron chi connectivity index (χ1n) is 12.0. The number of fused-ring (bicyclic) bond motifs is 4. The Balaban J connectivity index is 1.40. The second kappa shape index (κ2) is 7.74. The molecule has 34 heavy (non-hydrogen) atoms. The first-order valence-corrected chi connectivity index (χ1v) is 12.0. The molecule has 180 valence electrons. The maximum absolute atomic E-state index is 13.5. The van der Waals surface area contributed by atoms with Gasteiger partial charge in [0.1, 0.15) is 17.1 Å². The molecule has 1 aliphatic carbocycles. The number of anilines is 1. The Morgan fingerprint density at radius 1 is 1.32 bits per heavy atom. The number of nitrogens with one attached hydrogen (secondary N) is 2. The molecule has 3 N–H and O–H groups in total. The fourth-order valence-corrected chi connectivity index (χ4v) is 5.92. The van der Waals surface area contributed by atoms with Crippen molar-refractivity contribution < 1.29 is 19.2 Å². The van der Waals surface area contributed by atoms with Crippen LogP contribution in [0.15, 0.2) is 22.7 Å². The lowest BCUT2D eigenvalue weighted by Crippen LogP contribution is -2.67. The van der Waals surface area contributed by atoms with Crippen molar-refractivity contribution in [1.82, 2.24) is 19.9 Å². The first-order chi connectivity index (χ1) is 16.4. The zero-order valence-corrected chi connectivity index (χ0v) is 19.9. The predicted molar refractivity (Wildman–Crippen MR) is 127 cm³/mol. The van der Waals surface area contributed by atoms with Crippen molar-refractivity contribution in [3.8, 4) is 5.75 Å². The van der Waals surface area contributed by atoms with E-state index in [4.69, 9.17) is 9.26 Å². The summed E-state index contributed by atoms with van der Waals surface area (Å²) in [4.78, 5) is 21.4. The van der Waals surface area contributed by atoms with Crippen LogP contribution in [-0.2, 0) is 5.41 Å². The number of urea groups is 1. The highest BCUT2D eigenvalue weighted by molar-refractivity contribution is 5.93. The number of hydrogen-bond donors (Lipinski definition) is 3. The van der Waals surface area contributed by atoms with Crippen LogP contribution in [0, 0.1) is 19.8 Å². The number of hydrogen-bond acceptors (Lipinski definition) is 6. The molecule has 1 atom stereocenters. The number of aliphatic hydroxyl groups is 1. The predicted octanol–water partition coefficient (Wildman–Crippen LogP) is 3.33. The van der Waals surface area contributed by atoms with Gasteiger partial charge in [-0.15, -0.1) is 0 Å². The molecule has 9 heteroatoms. The number of carbonyl (C=O) groups is 1. The van der Waals surface area contributed by atoms with E-state index >= 15 is 0 Å². The standard InChI is InChI=1S/C25H31N5O4/c1-14-22(15(2)34-28-14)27-24(32)30-13-25(11-29(12-25)9-16-4-5-16)21-18-7-6-17(33-3)8-19(18)26-23(21)20(30)10-31/h6-8,16,20,26,31H,4-5,9-13H2,1-3H3,(H,27,32)/t20-/m1/s1. The van der Waals surface area contributed by atoms with Gasteiger partial charge in [0.2, 0.25) is 0 Å². The Morgan fingerprint density at radius 2 is 2.12 bits per heavy atom. The molecule has 2 amide bonds. The molecular formula is C25H31N5O4. The summed E-state index contributed by atoms with van der Waals surface area (Å²) < 4.78 is 10.7. The van der Waals surface area contributed by atoms with E-state index in [1.807, 2.05) is 12.1 Å². The van der Waals surface area contributed by atoms with Gasteiger partial charge in [0.15, 0.2) is 5.76 Å². The summed E-state index contributed by atoms with van der Waals surface area (Å²) in [6, 6.07) is 5.34. The summed E-state index contributed by atoms with van der Waals surface area (Å²) in [6.07, 6.45) is 2.64. The van der Waals surface area contributed by atoms with E-state index in [0.29, 0.717) is 23.7 Å². The number of aliphatic hydroxyl groups excluding tert-OH is 1. The summed E-state index contributed by atoms with van der Waals surface area (Å²) >= 11 is 0. The van der Waals surface area contributed by atoms with Gasteiger partial charge in [-0.3, -0.25) is 0 Å². The van der Waals surface area contributed by atoms with Crippen molar-refractivity contribution in [1.29, 1.82) is 0 Å². The number of aromatic amines is 1. The number of methoxy groups -OCH3 is 1. The molecule has 4 heterocycles. The van der Waals surface area contributed by atoms with Crippen molar-refractivity contribution >= 4 is 22.6 Å². The third-order valence-electron chi connectivity index (χ3n) is 7.71. The second-order valence-electron chi connectivity index (χ2n) is 10.2. The molecule has 0 radical (unpaired) electrons. The van der Waals surface area contributed by atoms with Crippen molar-refractivity contribution in [2.24, 2.45) is 5.92 Å². The van der Waals surface area contributed by atoms with E-state index in [0.717, 1.165) is 47.9 Å². The molecule has 3 aliphatic rings. The number of aryl methyl sites for hydroxylation is 2. The van der Waals surface area contributed by atoms with Gasteiger partial charge >= 0.3 is 6.03 Å². The molecular weight excluding hydrogens is 434 g/mol. The van der Waals surface area contributed by atoms with Gasteiger partial charge in [-0.2, -0.15) is 0 Å². The Hall–Kier alpha value is -3.04. The van der Waals surface area contributed by atoms with Gasteiger partial charge in [0.05, 0.1) is 19.8 Å². The average Bonchev–Trinajstić information content (AvgIpc) is 3.47. The molecule has 3 aromatic rings. The van der Waals surface area contributed by atoms with Crippen LogP contribution in [0.3, 0.4) is 0 Å². The van der Waals surface area contributed by atoms with Crippen LogP contribution in [0.25, 0.3) is 10.9 Å². The van der Waals surface area contributed by atoms with Crippen molar-refractivity contribution in [3.05, 3.63) is 40.9 Å². The number of nitrogens with zero attached hydrogens (tertiary/aromatic N) is 3. The minimum absolute atomic E-state index is 0.173. The molecule has 2 aliphatic heterocycles. The van der Waals surface area contributed by atoms with E-state index in [2.05, 4.69) is 26.4 Å². The minimum Gasteiger partial charge on any atom is -0.497 e. The number of rotatable bonds is 5. The van der Waals surface area contributed by atoms with Gasteiger partial charge < -0.3 is 34.5 Å². The van der Waals surface area contributed by atoms with Crippen LogP contribution in [0.5, 0.6) is 5.75 Å². The van der Waals surface area contributed by atoms with E-state index in [1.54, 1.807) is 25.9 Å². The fourth-order valence-electron chi connectivity index (χ4n) is 5.92. The molecule has 0 bridgehead atoms. The number of carbonyl (C=O) groups excluding carboxylic acids is 1. The van der Waals surface area contributed by atoms with Crippen molar-refractivity contribution in [2.75, 3.05) is 45.2 Å². The highest BCUT2D eigenvalue weighted by Crippen LogP contribution is 2.49. The quantitative estimate of drug-likeness (QED) is 0.534. The third kappa shape index (κ3) is 3.29. The zero-order chi connectivity index (χ0) is 23.6. The lowest BCUT2D eigenvalue weighted by atomic mass is 9.68. The van der Waals surface area contributed by atoms with Crippen LogP contribution in [0.4, 0.5) is 10.5 Å². The lowest BCUT2D eigenvalue weighted by molar-refractivity contribution is 0.0109. The molecule has 1 aromatic carbocycles. The zero-order valence-electron chi connectivity index (χ0n) is 19.9. The summed E-state index contributed by atoms with van der Waals surface area (Å²) in [5, 5.41) is 18.5. The van der Waals surface area contributed by atoms with Crippen LogP contribution in [0.1, 0.15) is 41.6 Å². The van der Waals surface area contributed by atoms with Crippen LogP contribution in [-0.4, -0.2) is 71.0 Å². The normalized spacial score (nSPS) is 21.5. The number of H-pyrrole nitrogens is 1. The maximum Gasteiger partial charge on any atom is 0.322 e. The monoisotopic (exact) mass is 465 g/mol. The summed E-state index contributed by atoms with van der Waals surface area (Å²) in [5.41, 5.74) is 4.16. The van der Waals surface area contributed by atoms with E-state index in [-0.39, 0.29) is 18.1 Å². The Morgan fingerprint density at radius 3 is 2.76 bits per heavy atom. The highest BCUT2D eigenvalue weighted by Gasteiger charge is 2.54. The number of benzene rings is 1. The topological polar surface area (TPSA) is 107 Å².